The van der Waals surface area contributed by atoms with E-state index >= 15 is 17.6 Å². The van der Waals surface area contributed by atoms with Gasteiger partial charge >= 0.3 is 17.8 Å². The lowest BCUT2D eigenvalue weighted by Gasteiger charge is -2.49. The zero-order valence-electron chi connectivity index (χ0n) is 17.6. The molecule has 4 aliphatic rings. The van der Waals surface area contributed by atoms with Crippen molar-refractivity contribution in [3.63, 3.8) is 0 Å². The van der Waals surface area contributed by atoms with Gasteiger partial charge in [-0.2, -0.15) is 26.3 Å². The van der Waals surface area contributed by atoms with Crippen LogP contribution in [0.4, 0.5) is 26.3 Å². The quantitative estimate of drug-likeness (QED) is 0.450. The number of hydrogen-bond acceptors (Lipinski definition) is 2. The van der Waals surface area contributed by atoms with E-state index in [2.05, 4.69) is 0 Å². The van der Waals surface area contributed by atoms with Crippen LogP contribution >= 0.6 is 0 Å². The highest BCUT2D eigenvalue weighted by Gasteiger charge is 2.86. The smallest absolute Gasteiger partial charge is 0.380 e. The number of benzene rings is 2. The van der Waals surface area contributed by atoms with Gasteiger partial charge in [-0.05, 0) is 25.0 Å². The minimum atomic E-state index is -5.62. The fourth-order valence-electron chi connectivity index (χ4n) is 6.14. The first-order valence-electron chi connectivity index (χ1n) is 10.7. The third-order valence-electron chi connectivity index (χ3n) is 7.50. The van der Waals surface area contributed by atoms with Gasteiger partial charge in [0.1, 0.15) is 11.5 Å². The Labute approximate surface area is 185 Å². The summed E-state index contributed by atoms with van der Waals surface area (Å²) in [6.45, 7) is 3.31. The van der Waals surface area contributed by atoms with Crippen LogP contribution in [-0.4, -0.2) is 29.0 Å². The van der Waals surface area contributed by atoms with Crippen LogP contribution in [0.25, 0.3) is 11.1 Å². The molecular weight excluding hydrogens is 446 g/mol. The third-order valence-corrected chi connectivity index (χ3v) is 7.50. The molecule has 0 spiro atoms. The van der Waals surface area contributed by atoms with Crippen molar-refractivity contribution in [3.05, 3.63) is 70.8 Å². The normalized spacial score (nSPS) is 31.3. The predicted octanol–water partition coefficient (Wildman–Crippen LogP) is 6.91. The van der Waals surface area contributed by atoms with Gasteiger partial charge in [0, 0.05) is 33.4 Å². The summed E-state index contributed by atoms with van der Waals surface area (Å²) in [5, 5.41) is 0. The zero-order valence-corrected chi connectivity index (χ0v) is 17.6. The second kappa shape index (κ2) is 5.77. The SMILES string of the molecule is CC[C@]12Oc3ccccc3C1=C1C(=C3c4ccccc4O[C@@]32CC)C(F)(F)C(F)(F)C1(F)F. The molecule has 2 atom stereocenters. The van der Waals surface area contributed by atoms with Crippen molar-refractivity contribution in [3.8, 4) is 11.5 Å². The number of fused-ring (bicyclic) bond motifs is 8. The van der Waals surface area contributed by atoms with E-state index < -0.39 is 40.1 Å². The lowest BCUT2D eigenvalue weighted by atomic mass is 9.62. The maximum Gasteiger partial charge on any atom is 0.380 e. The number of allylic oxidation sites excluding steroid dienone is 2. The Morgan fingerprint density at radius 1 is 0.576 bits per heavy atom. The van der Waals surface area contributed by atoms with Gasteiger partial charge in [-0.1, -0.05) is 50.2 Å². The Bertz CT molecular complexity index is 1200. The molecule has 0 aromatic heterocycles. The summed E-state index contributed by atoms with van der Waals surface area (Å²) in [5.74, 6) is -15.5. The minimum Gasteiger partial charge on any atom is -0.477 e. The number of alkyl halides is 6. The van der Waals surface area contributed by atoms with Gasteiger partial charge in [0.15, 0.2) is 11.2 Å². The molecule has 1 saturated carbocycles. The molecule has 6 rings (SSSR count). The number of hydrogen-bond donors (Lipinski definition) is 0. The molecule has 2 aromatic carbocycles. The summed E-state index contributed by atoms with van der Waals surface area (Å²) in [5.41, 5.74) is -6.55. The van der Waals surface area contributed by atoms with Gasteiger partial charge in [-0.25, -0.2) is 0 Å². The molecule has 0 amide bonds. The van der Waals surface area contributed by atoms with E-state index in [1.807, 2.05) is 0 Å². The van der Waals surface area contributed by atoms with Crippen molar-refractivity contribution in [2.24, 2.45) is 0 Å². The third kappa shape index (κ3) is 1.90. The van der Waals surface area contributed by atoms with Crippen molar-refractivity contribution in [1.29, 1.82) is 0 Å². The van der Waals surface area contributed by atoms with E-state index in [-0.39, 0.29) is 46.6 Å². The van der Waals surface area contributed by atoms with Crippen LogP contribution in [0, 0.1) is 0 Å². The molecule has 0 saturated heterocycles. The lowest BCUT2D eigenvalue weighted by molar-refractivity contribution is -0.257. The van der Waals surface area contributed by atoms with Crippen molar-refractivity contribution in [1.82, 2.24) is 0 Å². The fraction of sp³-hybridized carbons (Fsp3) is 0.360. The molecule has 2 aromatic rings. The van der Waals surface area contributed by atoms with Crippen LogP contribution in [0.5, 0.6) is 11.5 Å². The summed E-state index contributed by atoms with van der Waals surface area (Å²) in [6, 6.07) is 12.2. The lowest BCUT2D eigenvalue weighted by Crippen LogP contribution is -2.61. The average molecular weight is 464 g/mol. The van der Waals surface area contributed by atoms with E-state index in [1.165, 1.54) is 36.4 Å². The second-order valence-corrected chi connectivity index (χ2v) is 8.78. The van der Waals surface area contributed by atoms with Gasteiger partial charge in [-0.15, -0.1) is 0 Å². The van der Waals surface area contributed by atoms with Gasteiger partial charge in [-0.3, -0.25) is 0 Å². The summed E-state index contributed by atoms with van der Waals surface area (Å²) >= 11 is 0. The van der Waals surface area contributed by atoms with Crippen molar-refractivity contribution >= 4 is 11.1 Å². The van der Waals surface area contributed by atoms with Crippen LogP contribution in [0.3, 0.4) is 0 Å². The largest absolute Gasteiger partial charge is 0.477 e. The number of halogens is 6. The molecule has 33 heavy (non-hydrogen) atoms. The average Bonchev–Trinajstić information content (AvgIpc) is 3.34. The monoisotopic (exact) mass is 464 g/mol. The molecule has 2 heterocycles. The topological polar surface area (TPSA) is 18.5 Å². The highest BCUT2D eigenvalue weighted by Crippen LogP contribution is 2.74. The molecule has 0 N–H and O–H groups in total. The Morgan fingerprint density at radius 2 is 0.939 bits per heavy atom. The first kappa shape index (κ1) is 20.7. The maximum atomic E-state index is 15.4. The summed E-state index contributed by atoms with van der Waals surface area (Å²) < 4.78 is 104. The van der Waals surface area contributed by atoms with Crippen molar-refractivity contribution < 1.29 is 35.8 Å². The molecule has 0 radical (unpaired) electrons. The Morgan fingerprint density at radius 3 is 1.30 bits per heavy atom. The molecule has 172 valence electrons. The molecule has 2 aliphatic carbocycles. The summed E-state index contributed by atoms with van der Waals surface area (Å²) in [7, 11) is 0. The number of para-hydroxylation sites is 2. The number of rotatable bonds is 2. The van der Waals surface area contributed by atoms with Gasteiger partial charge in [0.25, 0.3) is 0 Å². The highest BCUT2D eigenvalue weighted by molar-refractivity contribution is 6.01. The molecule has 0 bridgehead atoms. The Hall–Kier alpha value is -2.90. The second-order valence-electron chi connectivity index (χ2n) is 8.78. The van der Waals surface area contributed by atoms with E-state index in [1.54, 1.807) is 26.0 Å². The maximum absolute atomic E-state index is 15.4. The van der Waals surface area contributed by atoms with Crippen LogP contribution in [-0.2, 0) is 0 Å². The van der Waals surface area contributed by atoms with Gasteiger partial charge in [0.05, 0.1) is 0 Å². The number of ether oxygens (including phenoxy) is 2. The van der Waals surface area contributed by atoms with Crippen molar-refractivity contribution in [2.75, 3.05) is 0 Å². The standard InChI is InChI=1S/C25H18F6O2/c1-3-21-17(13-9-5-7-11-15(13)32-21)19-20(24(28,29)25(30,31)23(19,26)27)18-14-10-6-8-12-16(14)33-22(18,21)4-2/h5-12H,3-4H2,1-2H3/t21-,22-/m0/s1. The van der Waals surface area contributed by atoms with E-state index in [4.69, 9.17) is 9.47 Å². The fourth-order valence-corrected chi connectivity index (χ4v) is 6.14. The molecule has 1 fully saturated rings. The van der Waals surface area contributed by atoms with Gasteiger partial charge in [0.2, 0.25) is 0 Å². The van der Waals surface area contributed by atoms with Crippen LogP contribution in [0.1, 0.15) is 37.8 Å². The van der Waals surface area contributed by atoms with E-state index in [0.717, 1.165) is 0 Å². The molecule has 2 nitrogen and oxygen atoms in total. The minimum absolute atomic E-state index is 0.0341. The highest BCUT2D eigenvalue weighted by atomic mass is 19.3. The van der Waals surface area contributed by atoms with E-state index in [0.29, 0.717) is 0 Å². The Balaban J connectivity index is 1.88. The predicted molar refractivity (Wildman–Crippen MR) is 109 cm³/mol. The first-order chi connectivity index (χ1) is 15.5. The summed E-state index contributed by atoms with van der Waals surface area (Å²) in [4.78, 5) is 0. The van der Waals surface area contributed by atoms with Crippen LogP contribution in [0.15, 0.2) is 59.7 Å². The molecule has 8 heteroatoms. The van der Waals surface area contributed by atoms with Crippen LogP contribution in [0.2, 0.25) is 0 Å². The molecule has 2 aliphatic heterocycles. The van der Waals surface area contributed by atoms with Crippen molar-refractivity contribution in [2.45, 2.75) is 55.7 Å². The van der Waals surface area contributed by atoms with Gasteiger partial charge < -0.3 is 9.47 Å². The first-order valence-corrected chi connectivity index (χ1v) is 10.7. The Kier molecular flexibility index (Phi) is 3.62. The van der Waals surface area contributed by atoms with E-state index in [9.17, 15) is 8.78 Å². The van der Waals surface area contributed by atoms with Crippen LogP contribution < -0.4 is 9.47 Å². The molecular formula is C25H18F6O2. The summed E-state index contributed by atoms with van der Waals surface area (Å²) in [6.07, 6.45) is 0.0681. The molecule has 0 unspecified atom stereocenters. The zero-order chi connectivity index (χ0) is 23.6.